The van der Waals surface area contributed by atoms with Crippen molar-refractivity contribution in [2.24, 2.45) is 0 Å². The van der Waals surface area contributed by atoms with E-state index in [1.165, 1.54) is 43.2 Å². The van der Waals surface area contributed by atoms with Gasteiger partial charge in [0.25, 0.3) is 0 Å². The molecule has 0 unspecified atom stereocenters. The molecule has 0 aliphatic heterocycles. The highest BCUT2D eigenvalue weighted by molar-refractivity contribution is 5.50. The van der Waals surface area contributed by atoms with Gasteiger partial charge in [0.2, 0.25) is 0 Å². The van der Waals surface area contributed by atoms with Crippen LogP contribution in [0.4, 0.5) is 0 Å². The molecule has 0 saturated carbocycles. The first-order chi connectivity index (χ1) is 9.30. The van der Waals surface area contributed by atoms with Gasteiger partial charge in [-0.3, -0.25) is 0 Å². The highest BCUT2D eigenvalue weighted by Gasteiger charge is 1.98. The molecule has 0 fully saturated rings. The Morgan fingerprint density at radius 3 is 2.26 bits per heavy atom. The van der Waals surface area contributed by atoms with Gasteiger partial charge in [-0.2, -0.15) is 0 Å². The molecule has 0 N–H and O–H groups in total. The normalized spacial score (nSPS) is 11.6. The standard InChI is InChI=1S/C17H26O2/c1-4-5-6-7-8-15-9-11-16(12-10-15)13-14-17(18-2)19-3/h9-14,17H,4-8H2,1-3H3/b14-13+. The van der Waals surface area contributed by atoms with E-state index in [0.717, 1.165) is 0 Å². The van der Waals surface area contributed by atoms with Crippen LogP contribution in [-0.4, -0.2) is 20.5 Å². The molecule has 0 aliphatic carbocycles. The minimum Gasteiger partial charge on any atom is -0.352 e. The number of hydrogen-bond donors (Lipinski definition) is 0. The zero-order valence-corrected chi connectivity index (χ0v) is 12.4. The molecule has 2 nitrogen and oxygen atoms in total. The Morgan fingerprint density at radius 1 is 1.00 bits per heavy atom. The van der Waals surface area contributed by atoms with Crippen molar-refractivity contribution < 1.29 is 9.47 Å². The third-order valence-corrected chi connectivity index (χ3v) is 3.21. The lowest BCUT2D eigenvalue weighted by Crippen LogP contribution is -2.08. The van der Waals surface area contributed by atoms with Crippen LogP contribution in [0.1, 0.15) is 43.7 Å². The summed E-state index contributed by atoms with van der Waals surface area (Å²) in [6.45, 7) is 2.24. The number of hydrogen-bond acceptors (Lipinski definition) is 2. The molecule has 106 valence electrons. The van der Waals surface area contributed by atoms with Crippen LogP contribution in [0, 0.1) is 0 Å². The van der Waals surface area contributed by atoms with Crippen molar-refractivity contribution in [2.45, 2.75) is 45.3 Å². The van der Waals surface area contributed by atoms with E-state index in [4.69, 9.17) is 9.47 Å². The highest BCUT2D eigenvalue weighted by Crippen LogP contribution is 2.11. The molecule has 0 aromatic heterocycles. The Labute approximate surface area is 117 Å². The number of rotatable bonds is 9. The van der Waals surface area contributed by atoms with Gasteiger partial charge in [-0.15, -0.1) is 0 Å². The first-order valence-corrected chi connectivity index (χ1v) is 7.13. The summed E-state index contributed by atoms with van der Waals surface area (Å²) < 4.78 is 10.2. The maximum absolute atomic E-state index is 5.11. The minimum atomic E-state index is -0.270. The summed E-state index contributed by atoms with van der Waals surface area (Å²) in [5.74, 6) is 0. The molecular weight excluding hydrogens is 236 g/mol. The van der Waals surface area contributed by atoms with E-state index in [2.05, 4.69) is 31.2 Å². The average Bonchev–Trinajstić information content (AvgIpc) is 2.46. The molecule has 0 heterocycles. The molecule has 0 atom stereocenters. The van der Waals surface area contributed by atoms with Crippen molar-refractivity contribution in [1.82, 2.24) is 0 Å². The third kappa shape index (κ3) is 6.55. The summed E-state index contributed by atoms with van der Waals surface area (Å²) in [5.41, 5.74) is 2.60. The molecule has 1 rings (SSSR count). The largest absolute Gasteiger partial charge is 0.352 e. The van der Waals surface area contributed by atoms with Crippen LogP contribution < -0.4 is 0 Å². The lowest BCUT2D eigenvalue weighted by atomic mass is 10.0. The minimum absolute atomic E-state index is 0.270. The number of methoxy groups -OCH3 is 2. The van der Waals surface area contributed by atoms with Crippen LogP contribution in [-0.2, 0) is 15.9 Å². The monoisotopic (exact) mass is 262 g/mol. The van der Waals surface area contributed by atoms with E-state index in [1.54, 1.807) is 14.2 Å². The lowest BCUT2D eigenvalue weighted by molar-refractivity contribution is -0.0660. The van der Waals surface area contributed by atoms with Crippen LogP contribution in [0.3, 0.4) is 0 Å². The van der Waals surface area contributed by atoms with Crippen molar-refractivity contribution in [3.05, 3.63) is 41.5 Å². The quantitative estimate of drug-likeness (QED) is 0.484. The molecule has 0 amide bonds. The Morgan fingerprint density at radius 2 is 1.68 bits per heavy atom. The number of aryl methyl sites for hydroxylation is 1. The van der Waals surface area contributed by atoms with E-state index in [0.29, 0.717) is 0 Å². The van der Waals surface area contributed by atoms with Gasteiger partial charge in [0, 0.05) is 14.2 Å². The van der Waals surface area contributed by atoms with E-state index < -0.39 is 0 Å². The van der Waals surface area contributed by atoms with Crippen LogP contribution in [0.15, 0.2) is 30.3 Å². The smallest absolute Gasteiger partial charge is 0.176 e. The first kappa shape index (κ1) is 15.9. The number of ether oxygens (including phenoxy) is 2. The Bertz CT molecular complexity index is 350. The van der Waals surface area contributed by atoms with Crippen molar-refractivity contribution in [3.8, 4) is 0 Å². The molecule has 1 aromatic carbocycles. The zero-order valence-electron chi connectivity index (χ0n) is 12.4. The van der Waals surface area contributed by atoms with Crippen molar-refractivity contribution in [3.63, 3.8) is 0 Å². The van der Waals surface area contributed by atoms with Gasteiger partial charge in [0.05, 0.1) is 0 Å². The molecule has 0 saturated heterocycles. The van der Waals surface area contributed by atoms with E-state index in [9.17, 15) is 0 Å². The fourth-order valence-electron chi connectivity index (χ4n) is 1.99. The summed E-state index contributed by atoms with van der Waals surface area (Å²) >= 11 is 0. The van der Waals surface area contributed by atoms with Crippen LogP contribution in [0.2, 0.25) is 0 Å². The molecule has 0 bridgehead atoms. The summed E-state index contributed by atoms with van der Waals surface area (Å²) in [5, 5.41) is 0. The Kier molecular flexibility index (Phi) is 8.19. The van der Waals surface area contributed by atoms with Crippen molar-refractivity contribution in [2.75, 3.05) is 14.2 Å². The molecular formula is C17H26O2. The van der Waals surface area contributed by atoms with E-state index in [-0.39, 0.29) is 6.29 Å². The fraction of sp³-hybridized carbons (Fsp3) is 0.529. The summed E-state index contributed by atoms with van der Waals surface area (Å²) in [7, 11) is 3.27. The zero-order chi connectivity index (χ0) is 13.9. The summed E-state index contributed by atoms with van der Waals surface area (Å²) in [4.78, 5) is 0. The Balaban J connectivity index is 2.42. The second-order valence-corrected chi connectivity index (χ2v) is 4.75. The fourth-order valence-corrected chi connectivity index (χ4v) is 1.99. The maximum atomic E-state index is 5.11. The van der Waals surface area contributed by atoms with Gasteiger partial charge < -0.3 is 9.47 Å². The molecule has 0 spiro atoms. The number of unbranched alkanes of at least 4 members (excludes halogenated alkanes) is 3. The van der Waals surface area contributed by atoms with Crippen LogP contribution >= 0.6 is 0 Å². The predicted molar refractivity (Wildman–Crippen MR) is 81.1 cm³/mol. The molecule has 2 heteroatoms. The Hall–Kier alpha value is -1.12. The average molecular weight is 262 g/mol. The molecule has 0 aliphatic rings. The van der Waals surface area contributed by atoms with Gasteiger partial charge in [-0.05, 0) is 30.0 Å². The molecule has 1 aromatic rings. The van der Waals surface area contributed by atoms with Gasteiger partial charge in [-0.1, -0.05) is 56.5 Å². The topological polar surface area (TPSA) is 18.5 Å². The predicted octanol–water partition coefficient (Wildman–Crippen LogP) is 4.44. The van der Waals surface area contributed by atoms with Gasteiger partial charge in [0.1, 0.15) is 0 Å². The van der Waals surface area contributed by atoms with Gasteiger partial charge in [0.15, 0.2) is 6.29 Å². The number of benzene rings is 1. The molecule has 0 radical (unpaired) electrons. The maximum Gasteiger partial charge on any atom is 0.176 e. The van der Waals surface area contributed by atoms with Crippen LogP contribution in [0.25, 0.3) is 6.08 Å². The second-order valence-electron chi connectivity index (χ2n) is 4.75. The molecule has 19 heavy (non-hydrogen) atoms. The van der Waals surface area contributed by atoms with Gasteiger partial charge in [-0.25, -0.2) is 0 Å². The SMILES string of the molecule is CCCCCCc1ccc(/C=C/C(OC)OC)cc1. The highest BCUT2D eigenvalue weighted by atomic mass is 16.7. The summed E-state index contributed by atoms with van der Waals surface area (Å²) in [6, 6.07) is 8.71. The van der Waals surface area contributed by atoms with Gasteiger partial charge >= 0.3 is 0 Å². The van der Waals surface area contributed by atoms with E-state index >= 15 is 0 Å². The summed E-state index contributed by atoms with van der Waals surface area (Å²) in [6.07, 6.45) is 10.1. The third-order valence-electron chi connectivity index (χ3n) is 3.21. The van der Waals surface area contributed by atoms with Crippen molar-refractivity contribution >= 4 is 6.08 Å². The van der Waals surface area contributed by atoms with E-state index in [1.807, 2.05) is 12.2 Å². The lowest BCUT2D eigenvalue weighted by Gasteiger charge is -2.07. The second kappa shape index (κ2) is 9.76. The first-order valence-electron chi connectivity index (χ1n) is 7.13. The van der Waals surface area contributed by atoms with Crippen molar-refractivity contribution in [1.29, 1.82) is 0 Å². The van der Waals surface area contributed by atoms with Crippen LogP contribution in [0.5, 0.6) is 0 Å².